The number of benzene rings is 2. The predicted molar refractivity (Wildman–Crippen MR) is 100 cm³/mol. The van der Waals surface area contributed by atoms with Crippen molar-refractivity contribution in [3.8, 4) is 0 Å². The number of fused-ring (bicyclic) bond motifs is 1. The van der Waals surface area contributed by atoms with Gasteiger partial charge in [-0.15, -0.1) is 11.3 Å². The zero-order valence-corrected chi connectivity index (χ0v) is 14.8. The minimum Gasteiger partial charge on any atom is -0.456 e. The van der Waals surface area contributed by atoms with Crippen LogP contribution in [-0.2, 0) is 20.7 Å². The van der Waals surface area contributed by atoms with Gasteiger partial charge in [-0.2, -0.15) is 0 Å². The highest BCUT2D eigenvalue weighted by Gasteiger charge is 2.12. The Morgan fingerprint density at radius 2 is 1.77 bits per heavy atom. The van der Waals surface area contributed by atoms with Gasteiger partial charge in [0.15, 0.2) is 6.61 Å². The molecule has 5 nitrogen and oxygen atoms in total. The van der Waals surface area contributed by atoms with Crippen LogP contribution in [0.2, 0.25) is 0 Å². The van der Waals surface area contributed by atoms with Gasteiger partial charge in [0.05, 0.1) is 11.3 Å². The van der Waals surface area contributed by atoms with Gasteiger partial charge in [-0.25, -0.2) is 0 Å². The largest absolute Gasteiger partial charge is 0.456 e. The first-order valence-corrected chi connectivity index (χ1v) is 8.97. The fourth-order valence-corrected chi connectivity index (χ4v) is 3.21. The van der Waals surface area contributed by atoms with Crippen molar-refractivity contribution in [3.05, 3.63) is 70.4 Å². The number of thiophene rings is 1. The maximum atomic E-state index is 12.1. The Kier molecular flexibility index (Phi) is 5.76. The second kappa shape index (κ2) is 8.40. The van der Waals surface area contributed by atoms with Crippen molar-refractivity contribution in [1.29, 1.82) is 0 Å². The summed E-state index contributed by atoms with van der Waals surface area (Å²) < 4.78 is 4.90. The number of carbonyl (C=O) groups excluding carboxylic acids is 3. The molecule has 1 amide bonds. The average Bonchev–Trinajstić information content (AvgIpc) is 3.19. The van der Waals surface area contributed by atoms with Gasteiger partial charge >= 0.3 is 5.97 Å². The van der Waals surface area contributed by atoms with Gasteiger partial charge in [-0.3, -0.25) is 14.4 Å². The maximum Gasteiger partial charge on any atom is 0.325 e. The summed E-state index contributed by atoms with van der Waals surface area (Å²) in [6.07, 6.45) is 0.169. The molecular formula is C20H17NO4S. The van der Waals surface area contributed by atoms with E-state index in [4.69, 9.17) is 4.74 Å². The highest BCUT2D eigenvalue weighted by Crippen LogP contribution is 2.18. The van der Waals surface area contributed by atoms with Crippen molar-refractivity contribution >= 4 is 39.8 Å². The average molecular weight is 367 g/mol. The van der Waals surface area contributed by atoms with Crippen molar-refractivity contribution in [2.45, 2.75) is 6.42 Å². The number of hydrogen-bond donors (Lipinski definition) is 1. The molecule has 6 heteroatoms. The van der Waals surface area contributed by atoms with Crippen LogP contribution in [0.25, 0.3) is 10.8 Å². The third-order valence-electron chi connectivity index (χ3n) is 3.82. The molecule has 1 heterocycles. The first-order chi connectivity index (χ1) is 12.6. The van der Waals surface area contributed by atoms with E-state index in [1.54, 1.807) is 17.5 Å². The molecule has 0 unspecified atom stereocenters. The monoisotopic (exact) mass is 367 g/mol. The summed E-state index contributed by atoms with van der Waals surface area (Å²) >= 11 is 1.29. The van der Waals surface area contributed by atoms with Crippen molar-refractivity contribution in [3.63, 3.8) is 0 Å². The maximum absolute atomic E-state index is 12.1. The molecule has 0 radical (unpaired) electrons. The lowest BCUT2D eigenvalue weighted by Crippen LogP contribution is -2.32. The number of rotatable bonds is 7. The second-order valence-corrected chi connectivity index (χ2v) is 6.60. The third kappa shape index (κ3) is 4.55. The van der Waals surface area contributed by atoms with E-state index in [0.29, 0.717) is 4.88 Å². The number of hydrogen-bond acceptors (Lipinski definition) is 5. The predicted octanol–water partition coefficient (Wildman–Crippen LogP) is 2.99. The van der Waals surface area contributed by atoms with Crippen molar-refractivity contribution in [1.82, 2.24) is 5.32 Å². The highest BCUT2D eigenvalue weighted by molar-refractivity contribution is 7.12. The molecule has 0 saturated carbocycles. The molecular weight excluding hydrogens is 350 g/mol. The number of carbonyl (C=O) groups is 3. The summed E-state index contributed by atoms with van der Waals surface area (Å²) in [5.74, 6) is -1.17. The number of ether oxygens (including phenoxy) is 1. The zero-order valence-electron chi connectivity index (χ0n) is 13.9. The van der Waals surface area contributed by atoms with Crippen LogP contribution >= 0.6 is 11.3 Å². The van der Waals surface area contributed by atoms with Crippen molar-refractivity contribution < 1.29 is 19.1 Å². The van der Waals surface area contributed by atoms with Gasteiger partial charge < -0.3 is 10.1 Å². The van der Waals surface area contributed by atoms with Crippen LogP contribution < -0.4 is 5.32 Å². The zero-order chi connectivity index (χ0) is 18.4. The smallest absolute Gasteiger partial charge is 0.325 e. The summed E-state index contributed by atoms with van der Waals surface area (Å²) in [6, 6.07) is 17.0. The molecule has 1 aromatic heterocycles. The molecule has 0 aliphatic rings. The lowest BCUT2D eigenvalue weighted by atomic mass is 10.0. The summed E-state index contributed by atoms with van der Waals surface area (Å²) in [5.41, 5.74) is 0.891. The van der Waals surface area contributed by atoms with Crippen LogP contribution in [0.5, 0.6) is 0 Å². The second-order valence-electron chi connectivity index (χ2n) is 5.65. The summed E-state index contributed by atoms with van der Waals surface area (Å²) in [6.45, 7) is -0.583. The topological polar surface area (TPSA) is 72.5 Å². The summed E-state index contributed by atoms with van der Waals surface area (Å²) in [4.78, 5) is 36.1. The molecule has 1 N–H and O–H groups in total. The Morgan fingerprint density at radius 3 is 2.58 bits per heavy atom. The quantitative estimate of drug-likeness (QED) is 0.515. The Balaban J connectivity index is 1.47. The lowest BCUT2D eigenvalue weighted by molar-refractivity contribution is -0.142. The Bertz CT molecular complexity index is 929. The van der Waals surface area contributed by atoms with E-state index in [9.17, 15) is 14.4 Å². The molecule has 0 aliphatic heterocycles. The number of Topliss-reactive ketones (excluding diaryl/α,β-unsaturated/α-hetero) is 1. The van der Waals surface area contributed by atoms with Gasteiger partial charge in [-0.05, 0) is 27.8 Å². The molecule has 0 saturated heterocycles. The SMILES string of the molecule is O=C(Cc1cccc2ccccc12)NCC(=O)OCC(=O)c1cccs1. The normalized spacial score (nSPS) is 10.5. The van der Waals surface area contributed by atoms with Crippen LogP contribution in [0.4, 0.5) is 0 Å². The molecule has 3 rings (SSSR count). The van der Waals surface area contributed by atoms with Crippen molar-refractivity contribution in [2.24, 2.45) is 0 Å². The molecule has 0 atom stereocenters. The van der Waals surface area contributed by atoms with Gasteiger partial charge in [0.25, 0.3) is 0 Å². The molecule has 0 spiro atoms. The van der Waals surface area contributed by atoms with Crippen LogP contribution in [0.1, 0.15) is 15.2 Å². The van der Waals surface area contributed by atoms with E-state index < -0.39 is 5.97 Å². The molecule has 3 aromatic rings. The number of amides is 1. The summed E-state index contributed by atoms with van der Waals surface area (Å²) in [7, 11) is 0. The number of ketones is 1. The first-order valence-electron chi connectivity index (χ1n) is 8.09. The molecule has 26 heavy (non-hydrogen) atoms. The molecule has 0 aliphatic carbocycles. The molecule has 0 fully saturated rings. The van der Waals surface area contributed by atoms with Crippen LogP contribution in [0.3, 0.4) is 0 Å². The minimum absolute atomic E-state index is 0.169. The Hall–Kier alpha value is -2.99. The van der Waals surface area contributed by atoms with Crippen LogP contribution in [-0.4, -0.2) is 30.8 Å². The Labute approximate surface area is 154 Å². The van der Waals surface area contributed by atoms with Crippen LogP contribution in [0, 0.1) is 0 Å². The molecule has 2 aromatic carbocycles. The van der Waals surface area contributed by atoms with Gasteiger partial charge in [-0.1, -0.05) is 48.5 Å². The van der Waals surface area contributed by atoms with E-state index in [1.807, 2.05) is 42.5 Å². The third-order valence-corrected chi connectivity index (χ3v) is 4.73. The van der Waals surface area contributed by atoms with E-state index >= 15 is 0 Å². The standard InChI is InChI=1S/C20H17NO4S/c22-17(18-9-4-10-26-18)13-25-20(24)12-21-19(23)11-15-7-3-6-14-5-1-2-8-16(14)15/h1-10H,11-13H2,(H,21,23). The van der Waals surface area contributed by atoms with E-state index in [0.717, 1.165) is 16.3 Å². The lowest BCUT2D eigenvalue weighted by Gasteiger charge is -2.08. The van der Waals surface area contributed by atoms with E-state index in [-0.39, 0.29) is 31.3 Å². The van der Waals surface area contributed by atoms with Gasteiger partial charge in [0.2, 0.25) is 11.7 Å². The molecule has 132 valence electrons. The first kappa shape index (κ1) is 17.8. The fraction of sp³-hybridized carbons (Fsp3) is 0.150. The van der Waals surface area contributed by atoms with Gasteiger partial charge in [0.1, 0.15) is 6.54 Å². The van der Waals surface area contributed by atoms with E-state index in [1.165, 1.54) is 11.3 Å². The fourth-order valence-electron chi connectivity index (χ4n) is 2.56. The summed E-state index contributed by atoms with van der Waals surface area (Å²) in [5, 5.41) is 6.38. The minimum atomic E-state index is -0.638. The number of nitrogens with one attached hydrogen (secondary N) is 1. The number of esters is 1. The van der Waals surface area contributed by atoms with E-state index in [2.05, 4.69) is 5.32 Å². The highest BCUT2D eigenvalue weighted by atomic mass is 32.1. The van der Waals surface area contributed by atoms with Gasteiger partial charge in [0, 0.05) is 0 Å². The van der Waals surface area contributed by atoms with Crippen molar-refractivity contribution in [2.75, 3.05) is 13.2 Å². The Morgan fingerprint density at radius 1 is 0.962 bits per heavy atom. The molecule has 0 bridgehead atoms. The van der Waals surface area contributed by atoms with Crippen LogP contribution in [0.15, 0.2) is 60.0 Å².